The van der Waals surface area contributed by atoms with E-state index in [-0.39, 0.29) is 11.0 Å². The molecule has 4 fully saturated rings. The highest BCUT2D eigenvalue weighted by atomic mass is 16.1. The van der Waals surface area contributed by atoms with Crippen molar-refractivity contribution in [3.63, 3.8) is 0 Å². The van der Waals surface area contributed by atoms with Gasteiger partial charge in [0.15, 0.2) is 0 Å². The fourth-order valence-electron chi connectivity index (χ4n) is 5.67. The SMILES string of the molecule is CNCc1c(C23CC4CC(CC(C4)C2)C3)cn[nH]c1=O. The maximum absolute atomic E-state index is 12.2. The minimum atomic E-state index is -0.00686. The molecule has 4 nitrogen and oxygen atoms in total. The van der Waals surface area contributed by atoms with Crippen LogP contribution in [-0.4, -0.2) is 17.2 Å². The first kappa shape index (κ1) is 12.6. The fourth-order valence-corrected chi connectivity index (χ4v) is 5.67. The Bertz CT molecular complexity index is 542. The summed E-state index contributed by atoms with van der Waals surface area (Å²) >= 11 is 0. The van der Waals surface area contributed by atoms with Gasteiger partial charge in [0, 0.05) is 12.1 Å². The molecule has 0 saturated heterocycles. The van der Waals surface area contributed by atoms with E-state index < -0.39 is 0 Å². The molecule has 1 aromatic heterocycles. The zero-order chi connectivity index (χ0) is 13.7. The highest BCUT2D eigenvalue weighted by Gasteiger charge is 2.52. The van der Waals surface area contributed by atoms with Crippen LogP contribution in [0.3, 0.4) is 0 Å². The predicted octanol–water partition coefficient (Wildman–Crippen LogP) is 1.96. The number of H-pyrrole nitrogens is 1. The van der Waals surface area contributed by atoms with Crippen molar-refractivity contribution in [3.8, 4) is 0 Å². The van der Waals surface area contributed by atoms with Crippen LogP contribution in [0.1, 0.15) is 49.7 Å². The Morgan fingerprint density at radius 3 is 2.40 bits per heavy atom. The predicted molar refractivity (Wildman–Crippen MR) is 77.5 cm³/mol. The molecule has 0 aliphatic heterocycles. The molecule has 0 aromatic carbocycles. The number of nitrogens with zero attached hydrogens (tertiary/aromatic N) is 1. The Morgan fingerprint density at radius 1 is 1.25 bits per heavy atom. The molecule has 0 spiro atoms. The van der Waals surface area contributed by atoms with Gasteiger partial charge in [0.25, 0.3) is 5.56 Å². The zero-order valence-electron chi connectivity index (χ0n) is 12.1. The molecular formula is C16H23N3O. The second-order valence-electron chi connectivity index (χ2n) is 7.32. The first-order chi connectivity index (χ1) is 9.70. The lowest BCUT2D eigenvalue weighted by atomic mass is 9.48. The molecule has 1 heterocycles. The molecule has 4 saturated carbocycles. The first-order valence-electron chi connectivity index (χ1n) is 7.92. The molecule has 0 atom stereocenters. The summed E-state index contributed by atoms with van der Waals surface area (Å²) in [5, 5.41) is 9.88. The summed E-state index contributed by atoms with van der Waals surface area (Å²) in [6.07, 6.45) is 10.1. The summed E-state index contributed by atoms with van der Waals surface area (Å²) in [7, 11) is 1.91. The van der Waals surface area contributed by atoms with Crippen LogP contribution in [0.2, 0.25) is 0 Å². The van der Waals surface area contributed by atoms with E-state index in [1.54, 1.807) is 0 Å². The average Bonchev–Trinajstić information content (AvgIpc) is 2.39. The van der Waals surface area contributed by atoms with Gasteiger partial charge < -0.3 is 5.32 Å². The fraction of sp³-hybridized carbons (Fsp3) is 0.750. The number of hydrogen-bond acceptors (Lipinski definition) is 3. The van der Waals surface area contributed by atoms with Crippen LogP contribution >= 0.6 is 0 Å². The average molecular weight is 273 g/mol. The van der Waals surface area contributed by atoms with Crippen molar-refractivity contribution in [1.82, 2.24) is 15.5 Å². The molecule has 4 aliphatic rings. The molecule has 5 rings (SSSR count). The molecule has 0 unspecified atom stereocenters. The maximum Gasteiger partial charge on any atom is 0.268 e. The number of nitrogens with one attached hydrogen (secondary N) is 2. The lowest BCUT2D eigenvalue weighted by molar-refractivity contribution is -0.00590. The normalized spacial score (nSPS) is 38.4. The molecule has 4 heteroatoms. The topological polar surface area (TPSA) is 57.8 Å². The maximum atomic E-state index is 12.2. The standard InChI is InChI=1S/C16H23N3O/c1-17-8-13-14(9-18-19-15(13)20)16-5-10-2-11(6-16)4-12(3-10)7-16/h9-12,17H,2-8H2,1H3,(H,19,20). The van der Waals surface area contributed by atoms with Gasteiger partial charge in [-0.3, -0.25) is 4.79 Å². The smallest absolute Gasteiger partial charge is 0.268 e. The molecule has 2 N–H and O–H groups in total. The third kappa shape index (κ3) is 1.77. The van der Waals surface area contributed by atoms with Crippen LogP contribution in [0, 0.1) is 17.8 Å². The molecule has 4 aliphatic carbocycles. The van der Waals surface area contributed by atoms with Crippen molar-refractivity contribution in [3.05, 3.63) is 27.7 Å². The molecule has 108 valence electrons. The third-order valence-electron chi connectivity index (χ3n) is 5.92. The summed E-state index contributed by atoms with van der Waals surface area (Å²) in [5.41, 5.74) is 2.41. The number of aromatic amines is 1. The van der Waals surface area contributed by atoms with E-state index in [1.165, 1.54) is 44.1 Å². The second-order valence-corrected chi connectivity index (χ2v) is 7.32. The second kappa shape index (κ2) is 4.42. The lowest BCUT2D eigenvalue weighted by Gasteiger charge is -2.57. The van der Waals surface area contributed by atoms with Crippen LogP contribution in [0.5, 0.6) is 0 Å². The van der Waals surface area contributed by atoms with E-state index in [4.69, 9.17) is 0 Å². The van der Waals surface area contributed by atoms with E-state index in [2.05, 4.69) is 15.5 Å². The van der Waals surface area contributed by atoms with Crippen molar-refractivity contribution >= 4 is 0 Å². The van der Waals surface area contributed by atoms with Gasteiger partial charge in [-0.1, -0.05) is 0 Å². The quantitative estimate of drug-likeness (QED) is 0.885. The Hall–Kier alpha value is -1.16. The van der Waals surface area contributed by atoms with Crippen molar-refractivity contribution in [1.29, 1.82) is 0 Å². The van der Waals surface area contributed by atoms with Crippen LogP contribution < -0.4 is 10.9 Å². The minimum absolute atomic E-state index is 0.00686. The molecule has 0 radical (unpaired) electrons. The van der Waals surface area contributed by atoms with E-state index >= 15 is 0 Å². The van der Waals surface area contributed by atoms with Crippen LogP contribution in [0.25, 0.3) is 0 Å². The molecule has 4 bridgehead atoms. The van der Waals surface area contributed by atoms with E-state index in [9.17, 15) is 4.79 Å². The van der Waals surface area contributed by atoms with Crippen LogP contribution in [0.15, 0.2) is 11.0 Å². The van der Waals surface area contributed by atoms with Crippen LogP contribution in [0.4, 0.5) is 0 Å². The van der Waals surface area contributed by atoms with E-state index in [1.807, 2.05) is 13.2 Å². The number of rotatable bonds is 3. The van der Waals surface area contributed by atoms with Gasteiger partial charge in [-0.05, 0) is 74.3 Å². The summed E-state index contributed by atoms with van der Waals surface area (Å²) < 4.78 is 0. The van der Waals surface area contributed by atoms with Gasteiger partial charge in [0.1, 0.15) is 0 Å². The van der Waals surface area contributed by atoms with Crippen molar-refractivity contribution in [2.24, 2.45) is 17.8 Å². The third-order valence-corrected chi connectivity index (χ3v) is 5.92. The lowest BCUT2D eigenvalue weighted by Crippen LogP contribution is -2.49. The summed E-state index contributed by atoms with van der Waals surface area (Å²) in [6.45, 7) is 0.648. The van der Waals surface area contributed by atoms with Gasteiger partial charge in [0.05, 0.1) is 6.20 Å². The van der Waals surface area contributed by atoms with Gasteiger partial charge in [-0.25, -0.2) is 5.10 Å². The van der Waals surface area contributed by atoms with E-state index in [0.29, 0.717) is 6.54 Å². The van der Waals surface area contributed by atoms with Crippen LogP contribution in [-0.2, 0) is 12.0 Å². The summed E-state index contributed by atoms with van der Waals surface area (Å²) in [4.78, 5) is 12.2. The molecule has 1 aromatic rings. The highest BCUT2D eigenvalue weighted by Crippen LogP contribution is 2.60. The van der Waals surface area contributed by atoms with Gasteiger partial charge in [0.2, 0.25) is 0 Å². The van der Waals surface area contributed by atoms with Gasteiger partial charge >= 0.3 is 0 Å². The van der Waals surface area contributed by atoms with Gasteiger partial charge in [-0.15, -0.1) is 0 Å². The van der Waals surface area contributed by atoms with Crippen molar-refractivity contribution in [2.75, 3.05) is 7.05 Å². The van der Waals surface area contributed by atoms with E-state index in [0.717, 1.165) is 23.3 Å². The monoisotopic (exact) mass is 273 g/mol. The minimum Gasteiger partial charge on any atom is -0.315 e. The Labute approximate surface area is 119 Å². The van der Waals surface area contributed by atoms with Gasteiger partial charge in [-0.2, -0.15) is 5.10 Å². The summed E-state index contributed by atoms with van der Waals surface area (Å²) in [5.74, 6) is 2.67. The Balaban J connectivity index is 1.81. The zero-order valence-corrected chi connectivity index (χ0v) is 12.1. The molecular weight excluding hydrogens is 250 g/mol. The molecule has 0 amide bonds. The summed E-state index contributed by atoms with van der Waals surface area (Å²) in [6, 6.07) is 0. The van der Waals surface area contributed by atoms with Crippen molar-refractivity contribution < 1.29 is 0 Å². The highest BCUT2D eigenvalue weighted by molar-refractivity contribution is 5.33. The Morgan fingerprint density at radius 2 is 1.85 bits per heavy atom. The van der Waals surface area contributed by atoms with Crippen molar-refractivity contribution in [2.45, 2.75) is 50.5 Å². The molecule has 20 heavy (non-hydrogen) atoms. The Kier molecular flexibility index (Phi) is 2.78. The number of hydrogen-bond donors (Lipinski definition) is 2. The largest absolute Gasteiger partial charge is 0.315 e. The number of aromatic nitrogens is 2. The first-order valence-corrected chi connectivity index (χ1v) is 7.92.